The standard InChI is InChI=1S/C25H27N3OS2/c1-17(2)19-9-13-20(14-10-19)26-24(29)16-31-23-6-4-5-22(15-23)28-25(30)27-21-11-7-18(3)8-12-21/h4-15,17H,16H2,1-3H3,(H,26,29)(H2,27,28,30). The predicted molar refractivity (Wildman–Crippen MR) is 137 cm³/mol. The highest BCUT2D eigenvalue weighted by Crippen LogP contribution is 2.23. The van der Waals surface area contributed by atoms with Crippen molar-refractivity contribution >= 4 is 52.1 Å². The number of thioether (sulfide) groups is 1. The second-order valence-corrected chi connectivity index (χ2v) is 9.04. The SMILES string of the molecule is Cc1ccc(NC(=S)Nc2cccc(SCC(=O)Nc3ccc(C(C)C)cc3)c2)cc1. The fourth-order valence-electron chi connectivity index (χ4n) is 2.89. The molecule has 0 heterocycles. The van der Waals surface area contributed by atoms with Crippen molar-refractivity contribution < 1.29 is 4.79 Å². The van der Waals surface area contributed by atoms with Crippen LogP contribution in [0.3, 0.4) is 0 Å². The molecular weight excluding hydrogens is 422 g/mol. The summed E-state index contributed by atoms with van der Waals surface area (Å²) < 4.78 is 0. The molecule has 0 fully saturated rings. The molecule has 0 spiro atoms. The Morgan fingerprint density at radius 1 is 0.871 bits per heavy atom. The largest absolute Gasteiger partial charge is 0.332 e. The lowest BCUT2D eigenvalue weighted by Gasteiger charge is -2.12. The lowest BCUT2D eigenvalue weighted by molar-refractivity contribution is -0.113. The molecule has 1 amide bonds. The third-order valence-corrected chi connectivity index (χ3v) is 5.83. The molecule has 0 aromatic heterocycles. The van der Waals surface area contributed by atoms with Gasteiger partial charge in [-0.05, 0) is 73.1 Å². The quantitative estimate of drug-likeness (QED) is 0.278. The summed E-state index contributed by atoms with van der Waals surface area (Å²) in [5, 5.41) is 9.84. The van der Waals surface area contributed by atoms with Gasteiger partial charge in [-0.2, -0.15) is 0 Å². The number of rotatable bonds is 7. The first-order valence-electron chi connectivity index (χ1n) is 10.2. The minimum Gasteiger partial charge on any atom is -0.332 e. The molecule has 0 radical (unpaired) electrons. The predicted octanol–water partition coefficient (Wildman–Crippen LogP) is 6.66. The zero-order valence-electron chi connectivity index (χ0n) is 17.9. The summed E-state index contributed by atoms with van der Waals surface area (Å²) in [4.78, 5) is 13.3. The molecule has 3 N–H and O–H groups in total. The smallest absolute Gasteiger partial charge is 0.234 e. The lowest BCUT2D eigenvalue weighted by Crippen LogP contribution is -2.19. The van der Waals surface area contributed by atoms with Gasteiger partial charge in [0, 0.05) is 22.0 Å². The Morgan fingerprint density at radius 2 is 1.48 bits per heavy atom. The fourth-order valence-corrected chi connectivity index (χ4v) is 3.88. The van der Waals surface area contributed by atoms with Gasteiger partial charge in [-0.3, -0.25) is 4.79 Å². The number of nitrogens with one attached hydrogen (secondary N) is 3. The van der Waals surface area contributed by atoms with Gasteiger partial charge in [0.25, 0.3) is 0 Å². The number of thiocarbonyl (C=S) groups is 1. The topological polar surface area (TPSA) is 53.2 Å². The third-order valence-electron chi connectivity index (χ3n) is 4.63. The summed E-state index contributed by atoms with van der Waals surface area (Å²) in [7, 11) is 0. The molecule has 0 aliphatic heterocycles. The van der Waals surface area contributed by atoms with Crippen LogP contribution in [0.5, 0.6) is 0 Å². The van der Waals surface area contributed by atoms with E-state index in [4.69, 9.17) is 12.2 Å². The van der Waals surface area contributed by atoms with E-state index in [0.717, 1.165) is 22.0 Å². The van der Waals surface area contributed by atoms with Crippen LogP contribution >= 0.6 is 24.0 Å². The molecule has 3 aromatic carbocycles. The van der Waals surface area contributed by atoms with Crippen molar-refractivity contribution in [1.82, 2.24) is 0 Å². The Hall–Kier alpha value is -2.83. The van der Waals surface area contributed by atoms with E-state index < -0.39 is 0 Å². The molecular formula is C25H27N3OS2. The van der Waals surface area contributed by atoms with Crippen LogP contribution in [0.15, 0.2) is 77.7 Å². The number of benzene rings is 3. The van der Waals surface area contributed by atoms with Gasteiger partial charge in [0.1, 0.15) is 0 Å². The minimum atomic E-state index is -0.0304. The van der Waals surface area contributed by atoms with E-state index in [2.05, 4.69) is 41.9 Å². The monoisotopic (exact) mass is 449 g/mol. The van der Waals surface area contributed by atoms with E-state index in [1.807, 2.05) is 67.6 Å². The average Bonchev–Trinajstić information content (AvgIpc) is 2.74. The molecule has 0 bridgehead atoms. The van der Waals surface area contributed by atoms with E-state index in [0.29, 0.717) is 16.8 Å². The zero-order valence-corrected chi connectivity index (χ0v) is 19.6. The maximum Gasteiger partial charge on any atom is 0.234 e. The molecule has 0 atom stereocenters. The Labute approximate surface area is 193 Å². The second kappa shape index (κ2) is 11.0. The Bertz CT molecular complexity index is 1030. The minimum absolute atomic E-state index is 0.0304. The first-order chi connectivity index (χ1) is 14.9. The van der Waals surface area contributed by atoms with E-state index in [1.165, 1.54) is 22.9 Å². The number of carbonyl (C=O) groups is 1. The first kappa shape index (κ1) is 22.8. The second-order valence-electron chi connectivity index (χ2n) is 7.59. The average molecular weight is 450 g/mol. The van der Waals surface area contributed by atoms with Crippen LogP contribution in [0.1, 0.15) is 30.9 Å². The van der Waals surface area contributed by atoms with Crippen molar-refractivity contribution in [3.05, 3.63) is 83.9 Å². The van der Waals surface area contributed by atoms with Gasteiger partial charge in [-0.15, -0.1) is 11.8 Å². The van der Waals surface area contributed by atoms with Gasteiger partial charge in [-0.1, -0.05) is 49.7 Å². The van der Waals surface area contributed by atoms with Crippen LogP contribution in [0.4, 0.5) is 17.1 Å². The van der Waals surface area contributed by atoms with Gasteiger partial charge in [0.2, 0.25) is 5.91 Å². The number of hydrogen-bond acceptors (Lipinski definition) is 3. The van der Waals surface area contributed by atoms with Crippen molar-refractivity contribution in [2.75, 3.05) is 21.7 Å². The van der Waals surface area contributed by atoms with Crippen LogP contribution in [0.25, 0.3) is 0 Å². The maximum absolute atomic E-state index is 12.3. The Kier molecular flexibility index (Phi) is 8.09. The summed E-state index contributed by atoms with van der Waals surface area (Å²) in [5.74, 6) is 0.778. The van der Waals surface area contributed by atoms with Gasteiger partial charge >= 0.3 is 0 Å². The van der Waals surface area contributed by atoms with Crippen LogP contribution in [-0.4, -0.2) is 16.8 Å². The molecule has 6 heteroatoms. The third kappa shape index (κ3) is 7.42. The van der Waals surface area contributed by atoms with Crippen LogP contribution in [-0.2, 0) is 4.79 Å². The number of anilines is 3. The Balaban J connectivity index is 1.49. The Morgan fingerprint density at radius 3 is 2.16 bits per heavy atom. The number of hydrogen-bond donors (Lipinski definition) is 3. The maximum atomic E-state index is 12.3. The highest BCUT2D eigenvalue weighted by molar-refractivity contribution is 8.00. The van der Waals surface area contributed by atoms with E-state index in [9.17, 15) is 4.79 Å². The number of aryl methyl sites for hydroxylation is 1. The summed E-state index contributed by atoms with van der Waals surface area (Å²) in [6.07, 6.45) is 0. The number of carbonyl (C=O) groups excluding carboxylic acids is 1. The van der Waals surface area contributed by atoms with Crippen molar-refractivity contribution in [3.8, 4) is 0 Å². The molecule has 4 nitrogen and oxygen atoms in total. The van der Waals surface area contributed by atoms with Crippen LogP contribution < -0.4 is 16.0 Å². The molecule has 31 heavy (non-hydrogen) atoms. The highest BCUT2D eigenvalue weighted by atomic mass is 32.2. The van der Waals surface area contributed by atoms with E-state index in [1.54, 1.807) is 0 Å². The van der Waals surface area contributed by atoms with Crippen molar-refractivity contribution in [2.24, 2.45) is 0 Å². The molecule has 0 aliphatic carbocycles. The number of amides is 1. The summed E-state index contributed by atoms with van der Waals surface area (Å²) in [5.41, 5.74) is 5.08. The fraction of sp³-hybridized carbons (Fsp3) is 0.200. The molecule has 0 saturated carbocycles. The highest BCUT2D eigenvalue weighted by Gasteiger charge is 2.06. The van der Waals surface area contributed by atoms with Gasteiger partial charge < -0.3 is 16.0 Å². The van der Waals surface area contributed by atoms with Crippen molar-refractivity contribution in [2.45, 2.75) is 31.6 Å². The molecule has 3 aromatic rings. The van der Waals surface area contributed by atoms with Gasteiger partial charge in [0.05, 0.1) is 5.75 Å². The van der Waals surface area contributed by atoms with Gasteiger partial charge in [-0.25, -0.2) is 0 Å². The lowest BCUT2D eigenvalue weighted by atomic mass is 10.0. The molecule has 0 aliphatic rings. The molecule has 160 valence electrons. The molecule has 0 saturated heterocycles. The van der Waals surface area contributed by atoms with E-state index >= 15 is 0 Å². The van der Waals surface area contributed by atoms with Gasteiger partial charge in [0.15, 0.2) is 5.11 Å². The summed E-state index contributed by atoms with van der Waals surface area (Å²) in [6.45, 7) is 6.35. The summed E-state index contributed by atoms with van der Waals surface area (Å²) in [6, 6.07) is 23.9. The van der Waals surface area contributed by atoms with Crippen molar-refractivity contribution in [3.63, 3.8) is 0 Å². The van der Waals surface area contributed by atoms with Crippen molar-refractivity contribution in [1.29, 1.82) is 0 Å². The van der Waals surface area contributed by atoms with Crippen LogP contribution in [0.2, 0.25) is 0 Å². The molecule has 0 unspecified atom stereocenters. The summed E-state index contributed by atoms with van der Waals surface area (Å²) >= 11 is 6.89. The normalized spacial score (nSPS) is 10.6. The zero-order chi connectivity index (χ0) is 22.2. The van der Waals surface area contributed by atoms with Crippen LogP contribution in [0, 0.1) is 6.92 Å². The molecule has 3 rings (SSSR count). The first-order valence-corrected chi connectivity index (χ1v) is 11.6. The van der Waals surface area contributed by atoms with E-state index in [-0.39, 0.29) is 5.91 Å².